The first kappa shape index (κ1) is 9.33. The average Bonchev–Trinajstić information content (AvgIpc) is 2.75. The van der Waals surface area contributed by atoms with Gasteiger partial charge in [-0.2, -0.15) is 5.10 Å². The summed E-state index contributed by atoms with van der Waals surface area (Å²) < 4.78 is 0. The van der Waals surface area contributed by atoms with Gasteiger partial charge in [-0.25, -0.2) is 0 Å². The summed E-state index contributed by atoms with van der Waals surface area (Å²) >= 11 is 0. The van der Waals surface area contributed by atoms with Crippen LogP contribution < -0.4 is 0 Å². The molecular weight excluding hydrogens is 198 g/mol. The highest BCUT2D eigenvalue weighted by atomic mass is 15.4. The minimum atomic E-state index is 0.412. The van der Waals surface area contributed by atoms with Crippen molar-refractivity contribution < 1.29 is 0 Å². The van der Waals surface area contributed by atoms with Crippen LogP contribution in [0.25, 0.3) is 10.8 Å². The van der Waals surface area contributed by atoms with Crippen LogP contribution in [0, 0.1) is 0 Å². The van der Waals surface area contributed by atoms with E-state index in [4.69, 9.17) is 0 Å². The first-order valence-electron chi connectivity index (χ1n) is 5.42. The summed E-state index contributed by atoms with van der Waals surface area (Å²) in [6.07, 6.45) is 5.75. The molecule has 0 saturated heterocycles. The average molecular weight is 211 g/mol. The van der Waals surface area contributed by atoms with Gasteiger partial charge in [0.1, 0.15) is 0 Å². The minimum Gasteiger partial charge on any atom is -0.299 e. The molecule has 1 unspecified atom stereocenters. The van der Waals surface area contributed by atoms with Crippen molar-refractivity contribution in [1.82, 2.24) is 9.99 Å². The fourth-order valence-corrected chi connectivity index (χ4v) is 2.10. The molecule has 2 heterocycles. The monoisotopic (exact) mass is 211 g/mol. The van der Waals surface area contributed by atoms with Crippen LogP contribution >= 0.6 is 0 Å². The Morgan fingerprint density at radius 3 is 3.00 bits per heavy atom. The summed E-state index contributed by atoms with van der Waals surface area (Å²) in [5.74, 6) is 0.412. The summed E-state index contributed by atoms with van der Waals surface area (Å²) in [6, 6.07) is 8.57. The zero-order valence-corrected chi connectivity index (χ0v) is 9.17. The predicted molar refractivity (Wildman–Crippen MR) is 65.6 cm³/mol. The molecule has 1 aromatic heterocycles. The molecule has 0 amide bonds. The van der Waals surface area contributed by atoms with E-state index in [1.807, 2.05) is 36.7 Å². The maximum Gasteiger partial charge on any atom is 0.0476 e. The molecule has 0 spiro atoms. The lowest BCUT2D eigenvalue weighted by Gasteiger charge is -2.10. The number of hydrogen-bond donors (Lipinski definition) is 0. The molecule has 0 fully saturated rings. The molecule has 1 aliphatic rings. The topological polar surface area (TPSA) is 28.5 Å². The van der Waals surface area contributed by atoms with E-state index in [0.29, 0.717) is 5.92 Å². The fraction of sp³-hybridized carbons (Fsp3) is 0.231. The summed E-state index contributed by atoms with van der Waals surface area (Å²) in [4.78, 5) is 4.15. The summed E-state index contributed by atoms with van der Waals surface area (Å²) in [5.41, 5.74) is 1.31. The second-order valence-corrected chi connectivity index (χ2v) is 4.19. The third-order valence-corrected chi connectivity index (χ3v) is 3.00. The van der Waals surface area contributed by atoms with Gasteiger partial charge in [0.15, 0.2) is 0 Å². The molecule has 0 radical (unpaired) electrons. The molecule has 3 nitrogen and oxygen atoms in total. The maximum atomic E-state index is 4.27. The van der Waals surface area contributed by atoms with Crippen molar-refractivity contribution in [1.29, 1.82) is 0 Å². The molecule has 1 aliphatic heterocycles. The highest BCUT2D eigenvalue weighted by Gasteiger charge is 2.16. The Bertz CT molecular complexity index is 548. The highest BCUT2D eigenvalue weighted by Crippen LogP contribution is 2.23. The van der Waals surface area contributed by atoms with Crippen molar-refractivity contribution in [3.63, 3.8) is 0 Å². The van der Waals surface area contributed by atoms with E-state index < -0.39 is 0 Å². The summed E-state index contributed by atoms with van der Waals surface area (Å²) in [6.45, 7) is 0.964. The molecule has 16 heavy (non-hydrogen) atoms. The van der Waals surface area contributed by atoms with Gasteiger partial charge in [0.2, 0.25) is 0 Å². The molecule has 1 atom stereocenters. The van der Waals surface area contributed by atoms with E-state index in [2.05, 4.69) is 28.3 Å². The summed E-state index contributed by atoms with van der Waals surface area (Å²) in [7, 11) is 2.00. The third-order valence-electron chi connectivity index (χ3n) is 3.00. The number of rotatable bonds is 1. The molecule has 0 aliphatic carbocycles. The van der Waals surface area contributed by atoms with Crippen LogP contribution in [0.1, 0.15) is 11.5 Å². The zero-order chi connectivity index (χ0) is 11.0. The van der Waals surface area contributed by atoms with E-state index in [0.717, 1.165) is 6.54 Å². The van der Waals surface area contributed by atoms with Gasteiger partial charge >= 0.3 is 0 Å². The molecular formula is C13H13N3. The number of hydrogen-bond acceptors (Lipinski definition) is 3. The van der Waals surface area contributed by atoms with Crippen molar-refractivity contribution in [2.24, 2.45) is 5.10 Å². The van der Waals surface area contributed by atoms with Crippen molar-refractivity contribution in [2.75, 3.05) is 13.6 Å². The molecule has 0 N–H and O–H groups in total. The maximum absolute atomic E-state index is 4.27. The number of benzene rings is 1. The Morgan fingerprint density at radius 1 is 1.25 bits per heavy atom. The van der Waals surface area contributed by atoms with E-state index >= 15 is 0 Å². The van der Waals surface area contributed by atoms with Gasteiger partial charge in [-0.3, -0.25) is 9.99 Å². The van der Waals surface area contributed by atoms with E-state index in [1.54, 1.807) is 0 Å². The highest BCUT2D eigenvalue weighted by molar-refractivity contribution is 5.83. The van der Waals surface area contributed by atoms with Crippen LogP contribution in [-0.4, -0.2) is 29.8 Å². The van der Waals surface area contributed by atoms with Crippen LogP contribution in [0.15, 0.2) is 41.8 Å². The second kappa shape index (κ2) is 3.59. The van der Waals surface area contributed by atoms with E-state index in [1.165, 1.54) is 16.3 Å². The lowest BCUT2D eigenvalue weighted by Crippen LogP contribution is -2.11. The van der Waals surface area contributed by atoms with Gasteiger partial charge in [-0.15, -0.1) is 0 Å². The second-order valence-electron chi connectivity index (χ2n) is 4.19. The zero-order valence-electron chi connectivity index (χ0n) is 9.17. The van der Waals surface area contributed by atoms with Crippen LogP contribution in [0.4, 0.5) is 0 Å². The molecule has 0 saturated carbocycles. The minimum absolute atomic E-state index is 0.412. The van der Waals surface area contributed by atoms with Gasteiger partial charge in [-0.05, 0) is 23.1 Å². The molecule has 2 aromatic rings. The lowest BCUT2D eigenvalue weighted by atomic mass is 9.98. The molecule has 80 valence electrons. The molecule has 0 bridgehead atoms. The Hall–Kier alpha value is -1.90. The third kappa shape index (κ3) is 1.54. The van der Waals surface area contributed by atoms with Gasteiger partial charge < -0.3 is 0 Å². The SMILES string of the molecule is CN1CC(c2ccc3ccncc3c2)C=N1. The Kier molecular flexibility index (Phi) is 2.10. The van der Waals surface area contributed by atoms with E-state index in [-0.39, 0.29) is 0 Å². The van der Waals surface area contributed by atoms with Gasteiger partial charge in [0.05, 0.1) is 0 Å². The number of fused-ring (bicyclic) bond motifs is 1. The van der Waals surface area contributed by atoms with Crippen LogP contribution in [0.5, 0.6) is 0 Å². The number of pyridine rings is 1. The number of likely N-dealkylation sites (N-methyl/N-ethyl adjacent to an activating group) is 1. The van der Waals surface area contributed by atoms with E-state index in [9.17, 15) is 0 Å². The molecule has 3 rings (SSSR count). The lowest BCUT2D eigenvalue weighted by molar-refractivity contribution is 0.381. The molecule has 3 heteroatoms. The number of nitrogens with zero attached hydrogens (tertiary/aromatic N) is 3. The number of hydrazone groups is 1. The van der Waals surface area contributed by atoms with Gasteiger partial charge in [0.25, 0.3) is 0 Å². The first-order valence-corrected chi connectivity index (χ1v) is 5.42. The van der Waals surface area contributed by atoms with Crippen molar-refractivity contribution >= 4 is 17.0 Å². The van der Waals surface area contributed by atoms with Gasteiger partial charge in [-0.1, -0.05) is 12.1 Å². The Balaban J connectivity index is 2.02. The summed E-state index contributed by atoms with van der Waals surface area (Å²) in [5, 5.41) is 8.67. The Morgan fingerprint density at radius 2 is 2.19 bits per heavy atom. The quantitative estimate of drug-likeness (QED) is 0.723. The van der Waals surface area contributed by atoms with Crippen molar-refractivity contribution in [3.8, 4) is 0 Å². The van der Waals surface area contributed by atoms with Crippen LogP contribution in [0.3, 0.4) is 0 Å². The van der Waals surface area contributed by atoms with Crippen LogP contribution in [-0.2, 0) is 0 Å². The van der Waals surface area contributed by atoms with Crippen molar-refractivity contribution in [3.05, 3.63) is 42.2 Å². The molecule has 1 aromatic carbocycles. The number of aromatic nitrogens is 1. The van der Waals surface area contributed by atoms with Crippen molar-refractivity contribution in [2.45, 2.75) is 5.92 Å². The first-order chi connectivity index (χ1) is 7.83. The fourth-order valence-electron chi connectivity index (χ4n) is 2.10. The Labute approximate surface area is 94.4 Å². The predicted octanol–water partition coefficient (Wildman–Crippen LogP) is 2.25. The van der Waals surface area contributed by atoms with Crippen LogP contribution in [0.2, 0.25) is 0 Å². The normalized spacial score (nSPS) is 19.6. The largest absolute Gasteiger partial charge is 0.299 e. The van der Waals surface area contributed by atoms with Gasteiger partial charge in [0, 0.05) is 43.5 Å². The standard InChI is InChI=1S/C13H13N3/c1-16-9-13(8-15-16)11-3-2-10-4-5-14-7-12(10)6-11/h2-8,13H,9H2,1H3. The smallest absolute Gasteiger partial charge is 0.0476 e.